The van der Waals surface area contributed by atoms with Crippen molar-refractivity contribution in [3.63, 3.8) is 0 Å². The van der Waals surface area contributed by atoms with Gasteiger partial charge in [-0.15, -0.1) is 5.10 Å². The first-order valence-electron chi connectivity index (χ1n) is 7.28. The molecular weight excluding hydrogens is 258 g/mol. The lowest BCUT2D eigenvalue weighted by atomic mass is 10.0. The maximum absolute atomic E-state index is 12.2. The summed E-state index contributed by atoms with van der Waals surface area (Å²) in [5, 5.41) is 20.5. The maximum Gasteiger partial charge on any atom is 0.224 e. The van der Waals surface area contributed by atoms with Gasteiger partial charge in [0, 0.05) is 19.5 Å². The fourth-order valence-corrected chi connectivity index (χ4v) is 3.74. The molecule has 7 nitrogen and oxygen atoms in total. The van der Waals surface area contributed by atoms with Crippen molar-refractivity contribution in [1.82, 2.24) is 25.1 Å². The van der Waals surface area contributed by atoms with E-state index < -0.39 is 0 Å². The number of carbonyl (C=O) groups excluding carboxylic acids is 1. The highest BCUT2D eigenvalue weighted by Gasteiger charge is 2.42. The summed E-state index contributed by atoms with van der Waals surface area (Å²) in [5.74, 6) is 1.35. The van der Waals surface area contributed by atoms with Crippen molar-refractivity contribution in [2.24, 2.45) is 11.8 Å². The fourth-order valence-electron chi connectivity index (χ4n) is 3.74. The molecule has 0 spiro atoms. The third-order valence-electron chi connectivity index (χ3n) is 4.85. The highest BCUT2D eigenvalue weighted by molar-refractivity contribution is 5.76. The van der Waals surface area contributed by atoms with Crippen molar-refractivity contribution >= 4 is 5.91 Å². The molecule has 1 heterocycles. The molecule has 0 saturated heterocycles. The van der Waals surface area contributed by atoms with Gasteiger partial charge in [0.2, 0.25) is 5.91 Å². The van der Waals surface area contributed by atoms with Crippen LogP contribution in [0.4, 0.5) is 0 Å². The minimum atomic E-state index is -0.119. The number of tetrazole rings is 1. The number of aliphatic hydroxyl groups is 1. The Hall–Kier alpha value is -1.50. The van der Waals surface area contributed by atoms with E-state index in [0.29, 0.717) is 30.8 Å². The molecule has 4 atom stereocenters. The molecule has 1 N–H and O–H groups in total. The summed E-state index contributed by atoms with van der Waals surface area (Å²) >= 11 is 0. The molecule has 0 bridgehead atoms. The minimum absolute atomic E-state index is 0.119. The van der Waals surface area contributed by atoms with Crippen LogP contribution in [0.25, 0.3) is 0 Å². The molecule has 2 aliphatic rings. The Morgan fingerprint density at radius 1 is 1.35 bits per heavy atom. The molecule has 0 radical (unpaired) electrons. The van der Waals surface area contributed by atoms with Crippen molar-refractivity contribution in [2.75, 3.05) is 7.05 Å². The standard InChI is InChI=1S/C13H21N5O2/c1-17(13(20)2-3-18-8-14-15-16-18)11-4-9-6-12(19)7-10(9)5-11/h8-12,19H,2-7H2,1H3/t9-,10+,11?,12?. The lowest BCUT2D eigenvalue weighted by Gasteiger charge is -2.25. The SMILES string of the molecule is CN(C(=O)CCn1cnnn1)C1C[C@H]2CC(O)C[C@H]2C1. The van der Waals surface area contributed by atoms with Gasteiger partial charge in [0.15, 0.2) is 0 Å². The molecule has 2 unspecified atom stereocenters. The highest BCUT2D eigenvalue weighted by atomic mass is 16.3. The van der Waals surface area contributed by atoms with Crippen LogP contribution in [-0.4, -0.2) is 55.3 Å². The van der Waals surface area contributed by atoms with Crippen molar-refractivity contribution in [3.05, 3.63) is 6.33 Å². The smallest absolute Gasteiger partial charge is 0.224 e. The summed E-state index contributed by atoms with van der Waals surface area (Å²) in [7, 11) is 1.89. The molecule has 1 aromatic heterocycles. The number of aliphatic hydroxyl groups excluding tert-OH is 1. The Balaban J connectivity index is 1.49. The molecule has 7 heteroatoms. The summed E-state index contributed by atoms with van der Waals surface area (Å²) in [5.41, 5.74) is 0. The van der Waals surface area contributed by atoms with Gasteiger partial charge in [-0.1, -0.05) is 0 Å². The Bertz CT molecular complexity index is 449. The highest BCUT2D eigenvalue weighted by Crippen LogP contribution is 2.45. The van der Waals surface area contributed by atoms with E-state index in [4.69, 9.17) is 0 Å². The predicted molar refractivity (Wildman–Crippen MR) is 70.4 cm³/mol. The molecular formula is C13H21N5O2. The first-order chi connectivity index (χ1) is 9.63. The van der Waals surface area contributed by atoms with E-state index in [1.54, 1.807) is 4.68 Å². The van der Waals surface area contributed by atoms with Crippen LogP contribution in [0.1, 0.15) is 32.1 Å². The third kappa shape index (κ3) is 2.67. The van der Waals surface area contributed by atoms with Gasteiger partial charge >= 0.3 is 0 Å². The number of aryl methyl sites for hydroxylation is 1. The normalized spacial score (nSPS) is 32.3. The minimum Gasteiger partial charge on any atom is -0.393 e. The van der Waals surface area contributed by atoms with Gasteiger partial charge in [-0.3, -0.25) is 4.79 Å². The Morgan fingerprint density at radius 3 is 2.65 bits per heavy atom. The topological polar surface area (TPSA) is 84.1 Å². The Kier molecular flexibility index (Phi) is 3.69. The number of hydrogen-bond acceptors (Lipinski definition) is 5. The molecule has 1 amide bonds. The van der Waals surface area contributed by atoms with E-state index in [0.717, 1.165) is 25.7 Å². The number of rotatable bonds is 4. The van der Waals surface area contributed by atoms with Crippen LogP contribution >= 0.6 is 0 Å². The molecule has 2 fully saturated rings. The zero-order chi connectivity index (χ0) is 14.1. The summed E-state index contributed by atoms with van der Waals surface area (Å²) < 4.78 is 1.57. The van der Waals surface area contributed by atoms with Gasteiger partial charge in [-0.05, 0) is 47.9 Å². The van der Waals surface area contributed by atoms with Gasteiger partial charge in [-0.2, -0.15) is 0 Å². The maximum atomic E-state index is 12.2. The second-order valence-corrected chi connectivity index (χ2v) is 6.10. The van der Waals surface area contributed by atoms with Gasteiger partial charge < -0.3 is 10.0 Å². The Labute approximate surface area is 117 Å². The molecule has 110 valence electrons. The van der Waals surface area contributed by atoms with Crippen molar-refractivity contribution in [1.29, 1.82) is 0 Å². The molecule has 3 rings (SSSR count). The van der Waals surface area contributed by atoms with E-state index in [1.807, 2.05) is 11.9 Å². The van der Waals surface area contributed by atoms with Crippen LogP contribution in [-0.2, 0) is 11.3 Å². The number of nitrogens with zero attached hydrogens (tertiary/aromatic N) is 5. The summed E-state index contributed by atoms with van der Waals surface area (Å²) in [4.78, 5) is 14.1. The average Bonchev–Trinajstić information content (AvgIpc) is 3.10. The zero-order valence-electron chi connectivity index (χ0n) is 11.7. The van der Waals surface area contributed by atoms with E-state index in [1.165, 1.54) is 6.33 Å². The lowest BCUT2D eigenvalue weighted by Crippen LogP contribution is -2.36. The van der Waals surface area contributed by atoms with Crippen molar-refractivity contribution in [3.8, 4) is 0 Å². The summed E-state index contributed by atoms with van der Waals surface area (Å²) in [6.45, 7) is 0.522. The number of carbonyl (C=O) groups is 1. The zero-order valence-corrected chi connectivity index (χ0v) is 11.7. The average molecular weight is 279 g/mol. The fraction of sp³-hybridized carbons (Fsp3) is 0.846. The van der Waals surface area contributed by atoms with E-state index in [-0.39, 0.29) is 12.0 Å². The second kappa shape index (κ2) is 5.47. The monoisotopic (exact) mass is 279 g/mol. The van der Waals surface area contributed by atoms with Crippen LogP contribution in [0, 0.1) is 11.8 Å². The molecule has 0 aliphatic heterocycles. The summed E-state index contributed by atoms with van der Waals surface area (Å²) in [6.07, 6.45) is 5.72. The van der Waals surface area contributed by atoms with Gasteiger partial charge in [0.05, 0.1) is 12.6 Å². The van der Waals surface area contributed by atoms with Crippen LogP contribution in [0.2, 0.25) is 0 Å². The number of fused-ring (bicyclic) bond motifs is 1. The van der Waals surface area contributed by atoms with E-state index in [2.05, 4.69) is 15.5 Å². The second-order valence-electron chi connectivity index (χ2n) is 6.10. The van der Waals surface area contributed by atoms with Crippen LogP contribution in [0.3, 0.4) is 0 Å². The molecule has 2 aliphatic carbocycles. The molecule has 0 aromatic carbocycles. The van der Waals surface area contributed by atoms with Gasteiger partial charge in [0.1, 0.15) is 6.33 Å². The van der Waals surface area contributed by atoms with Gasteiger partial charge in [0.25, 0.3) is 0 Å². The van der Waals surface area contributed by atoms with Crippen molar-refractivity contribution < 1.29 is 9.90 Å². The van der Waals surface area contributed by atoms with Crippen LogP contribution in [0.15, 0.2) is 6.33 Å². The van der Waals surface area contributed by atoms with Crippen LogP contribution < -0.4 is 0 Å². The number of aromatic nitrogens is 4. The number of hydrogen-bond donors (Lipinski definition) is 1. The first kappa shape index (κ1) is 13.5. The largest absolute Gasteiger partial charge is 0.393 e. The Morgan fingerprint density at radius 2 is 2.05 bits per heavy atom. The molecule has 2 saturated carbocycles. The number of amides is 1. The summed E-state index contributed by atoms with van der Waals surface area (Å²) in [6, 6.07) is 0.332. The predicted octanol–water partition coefficient (Wildman–Crippen LogP) is 0.0711. The first-order valence-corrected chi connectivity index (χ1v) is 7.28. The molecule has 20 heavy (non-hydrogen) atoms. The lowest BCUT2D eigenvalue weighted by molar-refractivity contribution is -0.132. The van der Waals surface area contributed by atoms with E-state index in [9.17, 15) is 9.90 Å². The van der Waals surface area contributed by atoms with Crippen molar-refractivity contribution in [2.45, 2.75) is 50.8 Å². The van der Waals surface area contributed by atoms with Crippen LogP contribution in [0.5, 0.6) is 0 Å². The third-order valence-corrected chi connectivity index (χ3v) is 4.85. The van der Waals surface area contributed by atoms with Gasteiger partial charge in [-0.25, -0.2) is 4.68 Å². The molecule has 1 aromatic rings. The quantitative estimate of drug-likeness (QED) is 0.843. The van der Waals surface area contributed by atoms with E-state index >= 15 is 0 Å².